The van der Waals surface area contributed by atoms with Gasteiger partial charge in [0.15, 0.2) is 0 Å². The van der Waals surface area contributed by atoms with Crippen molar-refractivity contribution in [1.82, 2.24) is 0 Å². The topological polar surface area (TPSA) is 94.5 Å². The Bertz CT molecular complexity index is 303. The number of carboxylic acid groups (broad SMARTS) is 1. The van der Waals surface area contributed by atoms with E-state index in [2.05, 4.69) is 0 Å². The predicted octanol–water partition coefficient (Wildman–Crippen LogP) is -1.91. The van der Waals surface area contributed by atoms with Crippen molar-refractivity contribution in [2.24, 2.45) is 0 Å². The van der Waals surface area contributed by atoms with Crippen LogP contribution in [0.3, 0.4) is 0 Å². The molecule has 14 heavy (non-hydrogen) atoms. The molecule has 0 heterocycles. The van der Waals surface area contributed by atoms with Crippen LogP contribution in [0.4, 0.5) is 0 Å². The molecule has 0 aromatic carbocycles. The van der Waals surface area contributed by atoms with Crippen molar-refractivity contribution in [1.29, 1.82) is 0 Å². The van der Waals surface area contributed by atoms with Crippen molar-refractivity contribution in [3.8, 4) is 0 Å². The second-order valence-corrected chi connectivity index (χ2v) is 5.88. The van der Waals surface area contributed by atoms with E-state index in [-0.39, 0.29) is 11.0 Å². The zero-order chi connectivity index (χ0) is 11.6. The molecule has 7 heteroatoms. The van der Waals surface area contributed by atoms with Gasteiger partial charge in [-0.2, -0.15) is 8.42 Å². The van der Waals surface area contributed by atoms with E-state index in [1.807, 2.05) is 0 Å². The first-order valence-electron chi connectivity index (χ1n) is 3.99. The molecular formula is C7H15NO5S. The molecule has 0 aromatic heterocycles. The highest BCUT2D eigenvalue weighted by Gasteiger charge is 2.29. The van der Waals surface area contributed by atoms with Gasteiger partial charge >= 0.3 is 0 Å². The normalized spacial score (nSPS) is 15.1. The summed E-state index contributed by atoms with van der Waals surface area (Å²) in [6.07, 6.45) is -0.686. The Kier molecular flexibility index (Phi) is 4.04. The lowest BCUT2D eigenvalue weighted by atomic mass is 10.3. The summed E-state index contributed by atoms with van der Waals surface area (Å²) in [7, 11) is 0.776. The molecule has 0 bridgehead atoms. The van der Waals surface area contributed by atoms with Crippen LogP contribution in [0.25, 0.3) is 0 Å². The molecule has 1 N–H and O–H groups in total. The molecule has 6 nitrogen and oxygen atoms in total. The number of carbonyl (C=O) groups excluding carboxylic acids is 1. The number of rotatable bonds is 5. The number of hydrogen-bond donors (Lipinski definition) is 1. The largest absolute Gasteiger partial charge is 0.550 e. The van der Waals surface area contributed by atoms with Gasteiger partial charge in [0.1, 0.15) is 5.25 Å². The van der Waals surface area contributed by atoms with E-state index in [4.69, 9.17) is 4.55 Å². The van der Waals surface area contributed by atoms with Gasteiger partial charge in [0.05, 0.1) is 27.7 Å². The van der Waals surface area contributed by atoms with E-state index in [0.29, 0.717) is 0 Å². The van der Waals surface area contributed by atoms with E-state index >= 15 is 0 Å². The van der Waals surface area contributed by atoms with Crippen LogP contribution in [-0.2, 0) is 14.9 Å². The Hall–Kier alpha value is -0.660. The van der Waals surface area contributed by atoms with Crippen LogP contribution in [0.5, 0.6) is 0 Å². The Balaban J connectivity index is 4.68. The standard InChI is InChI=1S/C7H15NO5S/c1-8(2,3)5-6(4-7(9)10)14(11,12)13/h6H,4-5H2,1-3H3,(H-,9,10,11,12,13)/t6-/m1/s1. The van der Waals surface area contributed by atoms with E-state index in [0.717, 1.165) is 0 Å². The zero-order valence-electron chi connectivity index (χ0n) is 8.43. The smallest absolute Gasteiger partial charge is 0.273 e. The maximum Gasteiger partial charge on any atom is 0.273 e. The summed E-state index contributed by atoms with van der Waals surface area (Å²) >= 11 is 0. The molecule has 0 fully saturated rings. The van der Waals surface area contributed by atoms with Crippen LogP contribution in [0, 0.1) is 0 Å². The number of aliphatic carboxylic acids is 1. The second kappa shape index (κ2) is 4.24. The maximum absolute atomic E-state index is 10.8. The minimum Gasteiger partial charge on any atom is -0.550 e. The second-order valence-electron chi connectivity index (χ2n) is 4.19. The van der Waals surface area contributed by atoms with E-state index in [1.54, 1.807) is 21.1 Å². The molecule has 0 aromatic rings. The van der Waals surface area contributed by atoms with Gasteiger partial charge in [0.25, 0.3) is 10.1 Å². The van der Waals surface area contributed by atoms with Crippen LogP contribution in [0.1, 0.15) is 6.42 Å². The zero-order valence-corrected chi connectivity index (χ0v) is 9.24. The first kappa shape index (κ1) is 13.3. The average molecular weight is 225 g/mol. The van der Waals surface area contributed by atoms with Crippen LogP contribution < -0.4 is 5.11 Å². The van der Waals surface area contributed by atoms with Gasteiger partial charge in [0.2, 0.25) is 0 Å². The highest BCUT2D eigenvalue weighted by atomic mass is 32.2. The minimum atomic E-state index is -4.33. The van der Waals surface area contributed by atoms with Crippen molar-refractivity contribution >= 4 is 16.1 Å². The first-order valence-corrected chi connectivity index (χ1v) is 5.49. The van der Waals surface area contributed by atoms with Crippen molar-refractivity contribution in [3.63, 3.8) is 0 Å². The first-order chi connectivity index (χ1) is 6.02. The third-order valence-electron chi connectivity index (χ3n) is 1.57. The number of nitrogens with zero attached hydrogens (tertiary/aromatic N) is 1. The third kappa shape index (κ3) is 5.90. The van der Waals surface area contributed by atoms with Gasteiger partial charge < -0.3 is 14.4 Å². The van der Waals surface area contributed by atoms with Gasteiger partial charge in [0, 0.05) is 12.4 Å². The fraction of sp³-hybridized carbons (Fsp3) is 0.857. The summed E-state index contributed by atoms with van der Waals surface area (Å²) in [5.74, 6) is -1.49. The van der Waals surface area contributed by atoms with Gasteiger partial charge in [-0.3, -0.25) is 4.55 Å². The molecule has 0 aliphatic rings. The van der Waals surface area contributed by atoms with Gasteiger partial charge in [-0.15, -0.1) is 0 Å². The lowest BCUT2D eigenvalue weighted by Crippen LogP contribution is -2.46. The quantitative estimate of drug-likeness (QED) is 0.435. The lowest BCUT2D eigenvalue weighted by Gasteiger charge is -2.27. The third-order valence-corrected chi connectivity index (χ3v) is 2.73. The Morgan fingerprint density at radius 3 is 2.07 bits per heavy atom. The number of carbonyl (C=O) groups is 1. The number of carboxylic acids is 1. The predicted molar refractivity (Wildman–Crippen MR) is 47.9 cm³/mol. The maximum atomic E-state index is 10.8. The number of quaternary nitrogens is 1. The van der Waals surface area contributed by atoms with E-state index in [1.165, 1.54) is 0 Å². The van der Waals surface area contributed by atoms with Crippen LogP contribution >= 0.6 is 0 Å². The molecule has 0 rings (SSSR count). The van der Waals surface area contributed by atoms with Crippen molar-refractivity contribution in [2.45, 2.75) is 11.7 Å². The van der Waals surface area contributed by atoms with Gasteiger partial charge in [-0.1, -0.05) is 0 Å². The van der Waals surface area contributed by atoms with Crippen molar-refractivity contribution in [3.05, 3.63) is 0 Å². The molecule has 0 amide bonds. The van der Waals surface area contributed by atoms with E-state index < -0.39 is 27.8 Å². The molecule has 0 radical (unpaired) electrons. The Morgan fingerprint density at radius 1 is 1.43 bits per heavy atom. The number of hydrogen-bond acceptors (Lipinski definition) is 4. The van der Waals surface area contributed by atoms with Crippen molar-refractivity contribution in [2.75, 3.05) is 27.7 Å². The SMILES string of the molecule is C[N+](C)(C)C[C@@H](CC(=O)[O-])S(=O)(=O)O. The molecule has 1 atom stereocenters. The lowest BCUT2D eigenvalue weighted by molar-refractivity contribution is -0.869. The van der Waals surface area contributed by atoms with Crippen LogP contribution in [0.2, 0.25) is 0 Å². The summed E-state index contributed by atoms with van der Waals surface area (Å²) in [6, 6.07) is 0. The highest BCUT2D eigenvalue weighted by Crippen LogP contribution is 2.08. The summed E-state index contributed by atoms with van der Waals surface area (Å²) in [4.78, 5) is 10.2. The Morgan fingerprint density at radius 2 is 1.86 bits per heavy atom. The monoisotopic (exact) mass is 225 g/mol. The summed E-state index contributed by atoms with van der Waals surface area (Å²) < 4.78 is 30.6. The van der Waals surface area contributed by atoms with Crippen LogP contribution in [0.15, 0.2) is 0 Å². The average Bonchev–Trinajstić information content (AvgIpc) is 1.78. The van der Waals surface area contributed by atoms with E-state index in [9.17, 15) is 18.3 Å². The molecule has 0 unspecified atom stereocenters. The van der Waals surface area contributed by atoms with Gasteiger partial charge in [-0.05, 0) is 0 Å². The molecular weight excluding hydrogens is 210 g/mol. The molecule has 0 saturated heterocycles. The van der Waals surface area contributed by atoms with Crippen LogP contribution in [-0.4, -0.2) is 56.4 Å². The minimum absolute atomic E-state index is 0.0206. The van der Waals surface area contributed by atoms with Crippen molar-refractivity contribution < 1.29 is 27.4 Å². The summed E-state index contributed by atoms with van der Waals surface area (Å²) in [6.45, 7) is 0.0206. The fourth-order valence-electron chi connectivity index (χ4n) is 1.06. The molecule has 0 spiro atoms. The molecule has 0 aliphatic carbocycles. The highest BCUT2D eigenvalue weighted by molar-refractivity contribution is 7.86. The summed E-state index contributed by atoms with van der Waals surface area (Å²) in [5.41, 5.74) is 0. The Labute approximate surface area is 83.5 Å². The fourth-order valence-corrected chi connectivity index (χ4v) is 2.04. The molecule has 0 saturated carbocycles. The molecule has 0 aliphatic heterocycles. The summed E-state index contributed by atoms with van der Waals surface area (Å²) in [5, 5.41) is 8.94. The molecule has 84 valence electrons. The van der Waals surface area contributed by atoms with Gasteiger partial charge in [-0.25, -0.2) is 0 Å².